The maximum atomic E-state index is 12.3. The van der Waals surface area contributed by atoms with Gasteiger partial charge in [-0.05, 0) is 52.9 Å². The highest BCUT2D eigenvalue weighted by atomic mass is 127. The van der Waals surface area contributed by atoms with E-state index in [1.165, 1.54) is 4.57 Å². The number of para-hydroxylation sites is 1. The zero-order chi connectivity index (χ0) is 20.5. The highest BCUT2D eigenvalue weighted by Crippen LogP contribution is 2.37. The smallest absolute Gasteiger partial charge is 0.285 e. The van der Waals surface area contributed by atoms with Crippen LogP contribution in [0.25, 0.3) is 10.9 Å². The lowest BCUT2D eigenvalue weighted by Crippen LogP contribution is -2.34. The number of rotatable bonds is 5. The lowest BCUT2D eigenvalue weighted by atomic mass is 10.2. The van der Waals surface area contributed by atoms with Crippen molar-refractivity contribution in [3.05, 3.63) is 52.1 Å². The molecule has 0 atom stereocenters. The van der Waals surface area contributed by atoms with Gasteiger partial charge in [-0.15, -0.1) is 10.2 Å². The maximum Gasteiger partial charge on any atom is 0.285 e. The first-order chi connectivity index (χ1) is 13.2. The van der Waals surface area contributed by atoms with Crippen LogP contribution in [0.15, 0.2) is 58.8 Å². The Labute approximate surface area is 175 Å². The molecule has 3 aromatic rings. The molecule has 28 heavy (non-hydrogen) atoms. The number of hydrogen-bond acceptors (Lipinski definition) is 5. The summed E-state index contributed by atoms with van der Waals surface area (Å²) in [6, 6.07) is 13.9. The average molecular weight is 512 g/mol. The first-order valence-electron chi connectivity index (χ1n) is 8.12. The summed E-state index contributed by atoms with van der Waals surface area (Å²) in [6.45, 7) is -0.492. The van der Waals surface area contributed by atoms with E-state index in [1.807, 2.05) is 6.07 Å². The number of halogens is 1. The lowest BCUT2D eigenvalue weighted by molar-refractivity contribution is -0.116. The van der Waals surface area contributed by atoms with Crippen molar-refractivity contribution in [2.24, 2.45) is 17.3 Å². The molecule has 3 rings (SSSR count). The van der Waals surface area contributed by atoms with Crippen LogP contribution in [0.4, 0.5) is 11.4 Å². The molecular formula is C18H17IN4O4S. The number of carbonyl (C=O) groups is 1. The van der Waals surface area contributed by atoms with Gasteiger partial charge in [0.25, 0.3) is 5.91 Å². The quantitative estimate of drug-likeness (QED) is 0.417. The minimum Gasteiger partial charge on any atom is -0.493 e. The van der Waals surface area contributed by atoms with Gasteiger partial charge < -0.3 is 9.67 Å². The number of amides is 1. The zero-order valence-corrected chi connectivity index (χ0v) is 18.0. The summed E-state index contributed by atoms with van der Waals surface area (Å²) in [5.41, 5.74) is 1.25. The second-order valence-corrected chi connectivity index (χ2v) is 9.24. The summed E-state index contributed by atoms with van der Waals surface area (Å²) in [6.07, 6.45) is 1.02. The van der Waals surface area contributed by atoms with Gasteiger partial charge >= 0.3 is 0 Å². The standard InChI is InChI=1S/C18H17IN4O4S/c1-22-15-6-4-3-5-14(15)17(18(22)25)21-20-16(24)11-23(28(2,26)27)13-9-7-12(19)8-10-13/h3-10,25H,11H2,1-2H3. The van der Waals surface area contributed by atoms with Crippen molar-refractivity contribution in [3.63, 3.8) is 0 Å². The Morgan fingerprint density at radius 1 is 1.18 bits per heavy atom. The van der Waals surface area contributed by atoms with Gasteiger partial charge in [-0.3, -0.25) is 9.10 Å². The summed E-state index contributed by atoms with van der Waals surface area (Å²) in [7, 11) is -2.03. The van der Waals surface area contributed by atoms with Gasteiger partial charge in [0.15, 0.2) is 5.69 Å². The summed E-state index contributed by atoms with van der Waals surface area (Å²) in [5, 5.41) is 18.4. The molecule has 2 aromatic carbocycles. The van der Waals surface area contributed by atoms with Gasteiger partial charge in [0.05, 0.1) is 17.5 Å². The fourth-order valence-corrected chi connectivity index (χ4v) is 3.94. The molecule has 0 aliphatic heterocycles. The normalized spacial score (nSPS) is 12.0. The predicted molar refractivity (Wildman–Crippen MR) is 115 cm³/mol. The van der Waals surface area contributed by atoms with Gasteiger partial charge in [-0.1, -0.05) is 18.2 Å². The number of aromatic hydroxyl groups is 1. The van der Waals surface area contributed by atoms with Crippen LogP contribution < -0.4 is 4.31 Å². The van der Waals surface area contributed by atoms with E-state index in [-0.39, 0.29) is 11.6 Å². The molecule has 0 unspecified atom stereocenters. The molecule has 1 amide bonds. The molecule has 0 spiro atoms. The number of fused-ring (bicyclic) bond motifs is 1. The van der Waals surface area contributed by atoms with Gasteiger partial charge in [0.2, 0.25) is 15.9 Å². The molecule has 1 aromatic heterocycles. The molecule has 0 fully saturated rings. The lowest BCUT2D eigenvalue weighted by Gasteiger charge is -2.20. The van der Waals surface area contributed by atoms with E-state index in [9.17, 15) is 18.3 Å². The summed E-state index contributed by atoms with van der Waals surface area (Å²) in [5.74, 6) is -0.883. The Kier molecular flexibility index (Phi) is 5.70. The molecule has 0 saturated heterocycles. The van der Waals surface area contributed by atoms with Crippen molar-refractivity contribution in [2.75, 3.05) is 17.1 Å². The van der Waals surface area contributed by atoms with Crippen molar-refractivity contribution in [1.82, 2.24) is 4.57 Å². The van der Waals surface area contributed by atoms with Crippen LogP contribution in [0, 0.1) is 3.57 Å². The van der Waals surface area contributed by atoms with E-state index in [1.54, 1.807) is 49.5 Å². The van der Waals surface area contributed by atoms with E-state index >= 15 is 0 Å². The van der Waals surface area contributed by atoms with E-state index in [2.05, 4.69) is 32.8 Å². The summed E-state index contributed by atoms with van der Waals surface area (Å²) >= 11 is 2.10. The molecule has 0 aliphatic carbocycles. The van der Waals surface area contributed by atoms with Crippen molar-refractivity contribution in [1.29, 1.82) is 0 Å². The zero-order valence-electron chi connectivity index (χ0n) is 15.1. The number of sulfonamides is 1. The minimum atomic E-state index is -3.69. The number of anilines is 1. The molecule has 0 radical (unpaired) electrons. The molecule has 146 valence electrons. The number of benzene rings is 2. The SMILES string of the molecule is Cn1c(O)c(N=NC(=O)CN(c2ccc(I)cc2)S(C)(=O)=O)c2ccccc21. The number of carbonyl (C=O) groups excluding carboxylic acids is 1. The number of hydrogen-bond donors (Lipinski definition) is 1. The number of azo groups is 1. The first-order valence-corrected chi connectivity index (χ1v) is 11.1. The molecule has 1 heterocycles. The molecule has 1 N–H and O–H groups in total. The van der Waals surface area contributed by atoms with Gasteiger partial charge in [0.1, 0.15) is 6.54 Å². The van der Waals surface area contributed by atoms with Crippen LogP contribution >= 0.6 is 22.6 Å². The van der Waals surface area contributed by atoms with Crippen LogP contribution in [0.3, 0.4) is 0 Å². The van der Waals surface area contributed by atoms with Crippen LogP contribution in [0.1, 0.15) is 0 Å². The third kappa shape index (κ3) is 4.17. The van der Waals surface area contributed by atoms with Gasteiger partial charge in [-0.2, -0.15) is 0 Å². The van der Waals surface area contributed by atoms with Gasteiger partial charge in [0, 0.05) is 16.0 Å². The molecule has 0 bridgehead atoms. The molecule has 8 nitrogen and oxygen atoms in total. The monoisotopic (exact) mass is 512 g/mol. The fraction of sp³-hybridized carbons (Fsp3) is 0.167. The Bertz CT molecular complexity index is 1170. The van der Waals surface area contributed by atoms with Gasteiger partial charge in [-0.25, -0.2) is 8.42 Å². The van der Waals surface area contributed by atoms with E-state index in [4.69, 9.17) is 0 Å². The summed E-state index contributed by atoms with van der Waals surface area (Å²) in [4.78, 5) is 12.3. The molecule has 0 aliphatic rings. The second kappa shape index (κ2) is 7.87. The number of aryl methyl sites for hydroxylation is 1. The van der Waals surface area contributed by atoms with E-state index in [0.717, 1.165) is 19.6 Å². The Morgan fingerprint density at radius 2 is 1.82 bits per heavy atom. The van der Waals surface area contributed by atoms with Crippen LogP contribution in [-0.4, -0.2) is 36.8 Å². The topological polar surface area (TPSA) is 104 Å². The summed E-state index contributed by atoms with van der Waals surface area (Å²) < 4.78 is 27.7. The highest BCUT2D eigenvalue weighted by Gasteiger charge is 2.21. The fourth-order valence-electron chi connectivity index (χ4n) is 2.73. The van der Waals surface area contributed by atoms with Crippen LogP contribution in [-0.2, 0) is 21.9 Å². The number of nitrogens with zero attached hydrogens (tertiary/aromatic N) is 4. The largest absolute Gasteiger partial charge is 0.493 e. The first kappa shape index (κ1) is 20.3. The molecule has 10 heteroatoms. The van der Waals surface area contributed by atoms with Crippen molar-refractivity contribution >= 4 is 60.8 Å². The molecule has 0 saturated carbocycles. The van der Waals surface area contributed by atoms with Crippen LogP contribution in [0.2, 0.25) is 0 Å². The maximum absolute atomic E-state index is 12.3. The van der Waals surface area contributed by atoms with Crippen LogP contribution in [0.5, 0.6) is 5.88 Å². The Morgan fingerprint density at radius 3 is 2.46 bits per heavy atom. The number of aromatic nitrogens is 1. The highest BCUT2D eigenvalue weighted by molar-refractivity contribution is 14.1. The van der Waals surface area contributed by atoms with Crippen molar-refractivity contribution in [2.45, 2.75) is 0 Å². The van der Waals surface area contributed by atoms with Crippen molar-refractivity contribution in [3.8, 4) is 5.88 Å². The van der Waals surface area contributed by atoms with E-state index < -0.39 is 22.5 Å². The predicted octanol–water partition coefficient (Wildman–Crippen LogP) is 3.57. The average Bonchev–Trinajstić information content (AvgIpc) is 2.89. The Hall–Kier alpha value is -2.47. The third-order valence-electron chi connectivity index (χ3n) is 4.11. The van der Waals surface area contributed by atoms with E-state index in [0.29, 0.717) is 11.1 Å². The molecular weight excluding hydrogens is 495 g/mol. The minimum absolute atomic E-state index is 0.129. The second-order valence-electron chi connectivity index (χ2n) is 6.09. The van der Waals surface area contributed by atoms with Crippen molar-refractivity contribution < 1.29 is 18.3 Å². The Balaban J connectivity index is 1.88. The third-order valence-corrected chi connectivity index (χ3v) is 5.97.